The van der Waals surface area contributed by atoms with E-state index in [0.29, 0.717) is 6.61 Å². The molecule has 17 heavy (non-hydrogen) atoms. The van der Waals surface area contributed by atoms with Crippen LogP contribution >= 0.6 is 0 Å². The predicted molar refractivity (Wildman–Crippen MR) is 72.1 cm³/mol. The maximum Gasteiger partial charge on any atom is 0.125 e. The van der Waals surface area contributed by atoms with Crippen LogP contribution in [0.15, 0.2) is 29.8 Å². The summed E-state index contributed by atoms with van der Waals surface area (Å²) in [5.74, 6) is 1.90. The number of benzene rings is 1. The second-order valence-corrected chi connectivity index (χ2v) is 3.80. The average Bonchev–Trinajstić information content (AvgIpc) is 2.39. The maximum atomic E-state index is 5.78. The van der Waals surface area contributed by atoms with E-state index in [1.165, 1.54) is 5.57 Å². The molecule has 0 unspecified atom stereocenters. The van der Waals surface area contributed by atoms with Gasteiger partial charge >= 0.3 is 0 Å². The minimum absolute atomic E-state index is 0.699. The quantitative estimate of drug-likeness (QED) is 0.685. The molecule has 0 N–H and O–H groups in total. The summed E-state index contributed by atoms with van der Waals surface area (Å²) in [6, 6.07) is 8.04. The molecule has 0 heterocycles. The van der Waals surface area contributed by atoms with Gasteiger partial charge in [0.15, 0.2) is 0 Å². The van der Waals surface area contributed by atoms with Gasteiger partial charge in [-0.25, -0.2) is 0 Å². The van der Waals surface area contributed by atoms with E-state index in [-0.39, 0.29) is 0 Å². The van der Waals surface area contributed by atoms with E-state index >= 15 is 0 Å². The number of hydrogen-bond donors (Lipinski definition) is 0. The van der Waals surface area contributed by atoms with E-state index in [9.17, 15) is 0 Å². The molecule has 0 bridgehead atoms. The van der Waals surface area contributed by atoms with Crippen LogP contribution in [0.2, 0.25) is 0 Å². The normalized spacial score (nSPS) is 9.88. The molecule has 0 atom stereocenters. The van der Waals surface area contributed by atoms with Gasteiger partial charge in [0.2, 0.25) is 0 Å². The molecule has 1 rings (SSSR count). The molecule has 2 nitrogen and oxygen atoms in total. The lowest BCUT2D eigenvalue weighted by atomic mass is 10.0. The van der Waals surface area contributed by atoms with Crippen molar-refractivity contribution in [1.82, 2.24) is 0 Å². The summed E-state index contributed by atoms with van der Waals surface area (Å²) in [4.78, 5) is 0. The molecule has 0 aliphatic rings. The first-order valence-electron chi connectivity index (χ1n) is 6.25. The third-order valence-electron chi connectivity index (χ3n) is 2.82. The third-order valence-corrected chi connectivity index (χ3v) is 2.82. The van der Waals surface area contributed by atoms with Crippen molar-refractivity contribution in [3.05, 3.63) is 35.4 Å². The fourth-order valence-electron chi connectivity index (χ4n) is 1.85. The molecule has 0 fully saturated rings. The molecule has 0 amide bonds. The summed E-state index contributed by atoms with van der Waals surface area (Å²) < 4.78 is 10.9. The highest BCUT2D eigenvalue weighted by molar-refractivity contribution is 5.63. The van der Waals surface area contributed by atoms with Crippen LogP contribution in [0.25, 0.3) is 5.76 Å². The van der Waals surface area contributed by atoms with E-state index < -0.39 is 0 Å². The molecule has 0 aromatic heterocycles. The molecular formula is C15H22O2. The Kier molecular flexibility index (Phi) is 5.61. The van der Waals surface area contributed by atoms with Crippen molar-refractivity contribution in [2.24, 2.45) is 0 Å². The Morgan fingerprint density at radius 3 is 2.00 bits per heavy atom. The van der Waals surface area contributed by atoms with E-state index in [1.807, 2.05) is 19.1 Å². The van der Waals surface area contributed by atoms with Crippen LogP contribution in [0, 0.1) is 0 Å². The Morgan fingerprint density at radius 2 is 1.59 bits per heavy atom. The van der Waals surface area contributed by atoms with Crippen molar-refractivity contribution in [3.8, 4) is 5.75 Å². The summed E-state index contributed by atoms with van der Waals surface area (Å²) >= 11 is 0. The predicted octanol–water partition coefficient (Wildman–Crippen LogP) is 4.26. The first-order valence-corrected chi connectivity index (χ1v) is 6.25. The second kappa shape index (κ2) is 7.00. The number of hydrogen-bond acceptors (Lipinski definition) is 2. The monoisotopic (exact) mass is 234 g/mol. The molecule has 94 valence electrons. The summed E-state index contributed by atoms with van der Waals surface area (Å²) in [6.07, 6.45) is 2.05. The largest absolute Gasteiger partial charge is 0.497 e. The summed E-state index contributed by atoms with van der Waals surface area (Å²) in [6.45, 7) is 7.06. The van der Waals surface area contributed by atoms with Crippen LogP contribution in [0.1, 0.15) is 39.2 Å². The second-order valence-electron chi connectivity index (χ2n) is 3.80. The van der Waals surface area contributed by atoms with Crippen molar-refractivity contribution in [2.45, 2.75) is 33.6 Å². The van der Waals surface area contributed by atoms with Crippen LogP contribution in [0.4, 0.5) is 0 Å². The van der Waals surface area contributed by atoms with Crippen molar-refractivity contribution in [1.29, 1.82) is 0 Å². The molecular weight excluding hydrogens is 212 g/mol. The number of methoxy groups -OCH3 is 1. The van der Waals surface area contributed by atoms with Gasteiger partial charge in [0.1, 0.15) is 11.5 Å². The number of ether oxygens (including phenoxy) is 2. The Balaban J connectivity index is 3.08. The van der Waals surface area contributed by atoms with Gasteiger partial charge in [-0.1, -0.05) is 13.8 Å². The van der Waals surface area contributed by atoms with Crippen LogP contribution in [-0.4, -0.2) is 13.7 Å². The third kappa shape index (κ3) is 3.52. The number of allylic oxidation sites excluding steroid dienone is 1. The van der Waals surface area contributed by atoms with Gasteiger partial charge in [0, 0.05) is 5.56 Å². The van der Waals surface area contributed by atoms with Gasteiger partial charge in [-0.05, 0) is 49.6 Å². The Labute approximate surface area is 104 Å². The highest BCUT2D eigenvalue weighted by Crippen LogP contribution is 2.26. The highest BCUT2D eigenvalue weighted by Gasteiger charge is 2.08. The Morgan fingerprint density at radius 1 is 1.00 bits per heavy atom. The molecule has 0 aliphatic heterocycles. The standard InChI is InChI=1S/C15H22O2/c1-5-12(6-2)15(17-7-3)13-8-10-14(16-4)11-9-13/h8-11H,5-7H2,1-4H3. The lowest BCUT2D eigenvalue weighted by Gasteiger charge is -2.14. The summed E-state index contributed by atoms with van der Waals surface area (Å²) in [5, 5.41) is 0. The Bertz CT molecular complexity index is 357. The van der Waals surface area contributed by atoms with Crippen LogP contribution in [0.3, 0.4) is 0 Å². The van der Waals surface area contributed by atoms with Gasteiger partial charge < -0.3 is 9.47 Å². The highest BCUT2D eigenvalue weighted by atomic mass is 16.5. The Hall–Kier alpha value is -1.44. The van der Waals surface area contributed by atoms with Crippen LogP contribution in [0.5, 0.6) is 5.75 Å². The first kappa shape index (κ1) is 13.6. The maximum absolute atomic E-state index is 5.78. The smallest absolute Gasteiger partial charge is 0.125 e. The SMILES string of the molecule is CCOC(=C(CC)CC)c1ccc(OC)cc1. The lowest BCUT2D eigenvalue weighted by Crippen LogP contribution is -1.97. The molecule has 0 saturated carbocycles. The van der Waals surface area contributed by atoms with Crippen molar-refractivity contribution >= 4 is 5.76 Å². The van der Waals surface area contributed by atoms with Crippen molar-refractivity contribution < 1.29 is 9.47 Å². The van der Waals surface area contributed by atoms with Crippen LogP contribution < -0.4 is 4.74 Å². The first-order chi connectivity index (χ1) is 8.26. The van der Waals surface area contributed by atoms with Gasteiger partial charge in [-0.3, -0.25) is 0 Å². The fraction of sp³-hybridized carbons (Fsp3) is 0.467. The van der Waals surface area contributed by atoms with Gasteiger partial charge in [0.25, 0.3) is 0 Å². The fourth-order valence-corrected chi connectivity index (χ4v) is 1.85. The van der Waals surface area contributed by atoms with E-state index in [0.717, 1.165) is 29.9 Å². The van der Waals surface area contributed by atoms with Gasteiger partial charge in [-0.15, -0.1) is 0 Å². The minimum Gasteiger partial charge on any atom is -0.497 e. The van der Waals surface area contributed by atoms with E-state index in [4.69, 9.17) is 9.47 Å². The average molecular weight is 234 g/mol. The van der Waals surface area contributed by atoms with Crippen LogP contribution in [-0.2, 0) is 4.74 Å². The molecule has 1 aromatic carbocycles. The zero-order chi connectivity index (χ0) is 12.7. The topological polar surface area (TPSA) is 18.5 Å². The van der Waals surface area contributed by atoms with Crippen molar-refractivity contribution in [3.63, 3.8) is 0 Å². The molecule has 2 heteroatoms. The summed E-state index contributed by atoms with van der Waals surface area (Å²) in [5.41, 5.74) is 2.49. The zero-order valence-corrected chi connectivity index (χ0v) is 11.2. The molecule has 0 spiro atoms. The summed E-state index contributed by atoms with van der Waals surface area (Å²) in [7, 11) is 1.68. The molecule has 0 saturated heterocycles. The molecule has 1 aromatic rings. The van der Waals surface area contributed by atoms with Crippen molar-refractivity contribution in [2.75, 3.05) is 13.7 Å². The minimum atomic E-state index is 0.699. The number of rotatable bonds is 6. The van der Waals surface area contributed by atoms with E-state index in [2.05, 4.69) is 26.0 Å². The van der Waals surface area contributed by atoms with Gasteiger partial charge in [-0.2, -0.15) is 0 Å². The zero-order valence-electron chi connectivity index (χ0n) is 11.2. The molecule has 0 radical (unpaired) electrons. The van der Waals surface area contributed by atoms with E-state index in [1.54, 1.807) is 7.11 Å². The lowest BCUT2D eigenvalue weighted by molar-refractivity contribution is 0.294. The van der Waals surface area contributed by atoms with Gasteiger partial charge in [0.05, 0.1) is 13.7 Å². The molecule has 0 aliphatic carbocycles.